The van der Waals surface area contributed by atoms with Gasteiger partial charge >= 0.3 is 11.9 Å². The summed E-state index contributed by atoms with van der Waals surface area (Å²) in [5, 5.41) is 0. The second-order valence-corrected chi connectivity index (χ2v) is 7.53. The van der Waals surface area contributed by atoms with E-state index in [1.54, 1.807) is 24.3 Å². The van der Waals surface area contributed by atoms with E-state index in [9.17, 15) is 18.0 Å². The van der Waals surface area contributed by atoms with Crippen LogP contribution >= 0.6 is 0 Å². The van der Waals surface area contributed by atoms with E-state index in [1.807, 2.05) is 6.92 Å². The SMILES string of the molecule is Cc1ccc(NS(=O)(=O)c2cccc(C(=O)O[C@@H]3CCOC3=O)c2)cc1. The Kier molecular flexibility index (Phi) is 4.94. The van der Waals surface area contributed by atoms with E-state index in [0.29, 0.717) is 5.69 Å². The number of carbonyl (C=O) groups is 2. The summed E-state index contributed by atoms with van der Waals surface area (Å²) < 4.78 is 37.3. The number of hydrogen-bond donors (Lipinski definition) is 1. The van der Waals surface area contributed by atoms with Gasteiger partial charge < -0.3 is 9.47 Å². The molecule has 2 aromatic rings. The van der Waals surface area contributed by atoms with Gasteiger partial charge in [-0.15, -0.1) is 0 Å². The fourth-order valence-electron chi connectivity index (χ4n) is 2.41. The van der Waals surface area contributed by atoms with Gasteiger partial charge in [0, 0.05) is 12.1 Å². The van der Waals surface area contributed by atoms with Gasteiger partial charge in [-0.25, -0.2) is 18.0 Å². The van der Waals surface area contributed by atoms with Crippen molar-refractivity contribution in [3.63, 3.8) is 0 Å². The molecular formula is C18H17NO6S. The fourth-order valence-corrected chi connectivity index (χ4v) is 3.51. The Morgan fingerprint density at radius 2 is 1.92 bits per heavy atom. The summed E-state index contributed by atoms with van der Waals surface area (Å²) >= 11 is 0. The van der Waals surface area contributed by atoms with Crippen molar-refractivity contribution in [1.29, 1.82) is 0 Å². The van der Waals surface area contributed by atoms with Crippen molar-refractivity contribution >= 4 is 27.6 Å². The highest BCUT2D eigenvalue weighted by atomic mass is 32.2. The van der Waals surface area contributed by atoms with Crippen LogP contribution in [0.15, 0.2) is 53.4 Å². The second kappa shape index (κ2) is 7.17. The van der Waals surface area contributed by atoms with Crippen LogP contribution in [0.1, 0.15) is 22.3 Å². The number of rotatable bonds is 5. The van der Waals surface area contributed by atoms with Crippen molar-refractivity contribution in [1.82, 2.24) is 0 Å². The first-order valence-electron chi connectivity index (χ1n) is 7.92. The summed E-state index contributed by atoms with van der Waals surface area (Å²) in [4.78, 5) is 23.5. The molecule has 1 aliphatic rings. The number of benzene rings is 2. The summed E-state index contributed by atoms with van der Waals surface area (Å²) in [5.41, 5.74) is 1.46. The summed E-state index contributed by atoms with van der Waals surface area (Å²) in [7, 11) is -3.87. The lowest BCUT2D eigenvalue weighted by Crippen LogP contribution is -2.23. The zero-order valence-electron chi connectivity index (χ0n) is 14.0. The van der Waals surface area contributed by atoms with Crippen molar-refractivity contribution in [2.45, 2.75) is 24.3 Å². The molecule has 1 fully saturated rings. The molecule has 3 rings (SSSR count). The number of anilines is 1. The van der Waals surface area contributed by atoms with Gasteiger partial charge in [0.05, 0.1) is 17.1 Å². The molecule has 1 saturated heterocycles. The summed E-state index contributed by atoms with van der Waals surface area (Å²) in [6.45, 7) is 2.10. The summed E-state index contributed by atoms with van der Waals surface area (Å²) in [6.07, 6.45) is -0.661. The number of carbonyl (C=O) groups excluding carboxylic acids is 2. The first kappa shape index (κ1) is 17.9. The fraction of sp³-hybridized carbons (Fsp3) is 0.222. The predicted molar refractivity (Wildman–Crippen MR) is 93.2 cm³/mol. The van der Waals surface area contributed by atoms with Crippen molar-refractivity contribution in [2.75, 3.05) is 11.3 Å². The van der Waals surface area contributed by atoms with E-state index in [2.05, 4.69) is 4.72 Å². The maximum Gasteiger partial charge on any atom is 0.347 e. The van der Waals surface area contributed by atoms with Crippen molar-refractivity contribution in [2.24, 2.45) is 0 Å². The average Bonchev–Trinajstić information content (AvgIpc) is 3.02. The van der Waals surface area contributed by atoms with Crippen LogP contribution in [0.2, 0.25) is 0 Å². The molecule has 0 bridgehead atoms. The van der Waals surface area contributed by atoms with Gasteiger partial charge in [-0.3, -0.25) is 4.72 Å². The van der Waals surface area contributed by atoms with Gasteiger partial charge in [-0.05, 0) is 37.3 Å². The molecule has 0 amide bonds. The first-order valence-corrected chi connectivity index (χ1v) is 9.41. The topological polar surface area (TPSA) is 98.8 Å². The number of cyclic esters (lactones) is 1. The normalized spacial score (nSPS) is 16.8. The zero-order valence-corrected chi connectivity index (χ0v) is 14.8. The van der Waals surface area contributed by atoms with Crippen LogP contribution in [0.5, 0.6) is 0 Å². The van der Waals surface area contributed by atoms with Gasteiger partial charge in [-0.1, -0.05) is 23.8 Å². The Balaban J connectivity index is 1.78. The van der Waals surface area contributed by atoms with Crippen LogP contribution in [0.25, 0.3) is 0 Å². The highest BCUT2D eigenvalue weighted by molar-refractivity contribution is 7.92. The van der Waals surface area contributed by atoms with Gasteiger partial charge in [0.2, 0.25) is 6.10 Å². The van der Waals surface area contributed by atoms with Crippen LogP contribution in [0, 0.1) is 6.92 Å². The largest absolute Gasteiger partial charge is 0.463 e. The van der Waals surface area contributed by atoms with Gasteiger partial charge in [-0.2, -0.15) is 0 Å². The highest BCUT2D eigenvalue weighted by Crippen LogP contribution is 2.19. The molecule has 0 unspecified atom stereocenters. The summed E-state index contributed by atoms with van der Waals surface area (Å²) in [5.74, 6) is -1.37. The second-order valence-electron chi connectivity index (χ2n) is 5.85. The molecule has 0 aromatic heterocycles. The van der Waals surface area contributed by atoms with E-state index in [-0.39, 0.29) is 23.5 Å². The Morgan fingerprint density at radius 1 is 1.19 bits per heavy atom. The number of nitrogens with one attached hydrogen (secondary N) is 1. The smallest absolute Gasteiger partial charge is 0.347 e. The highest BCUT2D eigenvalue weighted by Gasteiger charge is 2.30. The molecule has 0 radical (unpaired) electrons. The standard InChI is InChI=1S/C18H17NO6S/c1-12-5-7-14(8-6-12)19-26(22,23)15-4-2-3-13(11-15)17(20)25-16-9-10-24-18(16)21/h2-8,11,16,19H,9-10H2,1H3/t16-/m1/s1. The maximum atomic E-state index is 12.5. The van der Waals surface area contributed by atoms with Crippen LogP contribution in [-0.4, -0.2) is 33.1 Å². The molecule has 136 valence electrons. The van der Waals surface area contributed by atoms with E-state index >= 15 is 0 Å². The van der Waals surface area contributed by atoms with Crippen molar-refractivity contribution in [3.05, 3.63) is 59.7 Å². The molecule has 1 heterocycles. The van der Waals surface area contributed by atoms with Gasteiger partial charge in [0.15, 0.2) is 0 Å². The third kappa shape index (κ3) is 4.02. The average molecular weight is 375 g/mol. The number of aryl methyl sites for hydroxylation is 1. The maximum absolute atomic E-state index is 12.5. The minimum Gasteiger partial charge on any atom is -0.463 e. The number of sulfonamides is 1. The molecule has 1 atom stereocenters. The third-order valence-corrected chi connectivity index (χ3v) is 5.20. The Labute approximate surface area is 151 Å². The van der Waals surface area contributed by atoms with Gasteiger partial charge in [0.1, 0.15) is 0 Å². The Hall–Kier alpha value is -2.87. The Bertz CT molecular complexity index is 936. The molecule has 0 aliphatic carbocycles. The van der Waals surface area contributed by atoms with Crippen molar-refractivity contribution in [3.8, 4) is 0 Å². The van der Waals surface area contributed by atoms with Crippen LogP contribution in [0.4, 0.5) is 5.69 Å². The molecule has 1 aliphatic heterocycles. The monoisotopic (exact) mass is 375 g/mol. The predicted octanol–water partition coefficient (Wildman–Crippen LogP) is 2.27. The molecule has 1 N–H and O–H groups in total. The zero-order chi connectivity index (χ0) is 18.7. The molecule has 7 nitrogen and oxygen atoms in total. The third-order valence-electron chi connectivity index (χ3n) is 3.82. The lowest BCUT2D eigenvalue weighted by atomic mass is 10.2. The quantitative estimate of drug-likeness (QED) is 0.805. The van der Waals surface area contributed by atoms with Gasteiger partial charge in [0.25, 0.3) is 10.0 Å². The van der Waals surface area contributed by atoms with E-state index in [4.69, 9.17) is 9.47 Å². The lowest BCUT2D eigenvalue weighted by Gasteiger charge is -2.11. The van der Waals surface area contributed by atoms with E-state index < -0.39 is 28.1 Å². The molecule has 26 heavy (non-hydrogen) atoms. The van der Waals surface area contributed by atoms with Crippen LogP contribution < -0.4 is 4.72 Å². The first-order chi connectivity index (χ1) is 12.3. The molecule has 8 heteroatoms. The Morgan fingerprint density at radius 3 is 2.58 bits per heavy atom. The number of ether oxygens (including phenoxy) is 2. The molecule has 0 saturated carbocycles. The minimum absolute atomic E-state index is 0.0384. The van der Waals surface area contributed by atoms with Crippen LogP contribution in [-0.2, 0) is 24.3 Å². The summed E-state index contributed by atoms with van der Waals surface area (Å²) in [6, 6.07) is 12.3. The molecule has 0 spiro atoms. The van der Waals surface area contributed by atoms with Crippen LogP contribution in [0.3, 0.4) is 0 Å². The molecule has 2 aromatic carbocycles. The minimum atomic E-state index is -3.87. The number of hydrogen-bond acceptors (Lipinski definition) is 6. The van der Waals surface area contributed by atoms with E-state index in [0.717, 1.165) is 5.56 Å². The van der Waals surface area contributed by atoms with Crippen molar-refractivity contribution < 1.29 is 27.5 Å². The lowest BCUT2D eigenvalue weighted by molar-refractivity contribution is -0.145. The van der Waals surface area contributed by atoms with E-state index in [1.165, 1.54) is 24.3 Å². The molecular weight excluding hydrogens is 358 g/mol. The number of esters is 2.